The van der Waals surface area contributed by atoms with E-state index < -0.39 is 0 Å². The quantitative estimate of drug-likeness (QED) is 0.799. The van der Waals surface area contributed by atoms with Crippen LogP contribution in [0.3, 0.4) is 0 Å². The third-order valence-electron chi connectivity index (χ3n) is 5.03. The Hall–Kier alpha value is -1.85. The van der Waals surface area contributed by atoms with E-state index in [-0.39, 0.29) is 12.4 Å². The Kier molecular flexibility index (Phi) is 5.21. The Bertz CT molecular complexity index is 721. The van der Waals surface area contributed by atoms with E-state index in [2.05, 4.69) is 9.88 Å². The van der Waals surface area contributed by atoms with E-state index in [1.807, 2.05) is 25.1 Å². The second kappa shape index (κ2) is 7.36. The molecule has 2 heterocycles. The first kappa shape index (κ1) is 17.0. The van der Waals surface area contributed by atoms with Crippen LogP contribution >= 0.6 is 0 Å². The second-order valence-electron chi connectivity index (χ2n) is 6.59. The largest absolute Gasteiger partial charge is 0.497 e. The van der Waals surface area contributed by atoms with Crippen molar-refractivity contribution in [2.24, 2.45) is 0 Å². The van der Waals surface area contributed by atoms with Crippen LogP contribution in [0.5, 0.6) is 5.75 Å². The number of methoxy groups -OCH3 is 1. The van der Waals surface area contributed by atoms with Gasteiger partial charge >= 0.3 is 0 Å². The maximum Gasteiger partial charge on any atom is 0.179 e. The number of likely N-dealkylation sites (tertiary alicyclic amines) is 1. The van der Waals surface area contributed by atoms with Gasteiger partial charge in [-0.05, 0) is 50.9 Å². The van der Waals surface area contributed by atoms with Gasteiger partial charge in [-0.25, -0.2) is 0 Å². The molecule has 0 radical (unpaired) electrons. The maximum atomic E-state index is 13.0. The van der Waals surface area contributed by atoms with Crippen molar-refractivity contribution in [3.63, 3.8) is 0 Å². The lowest BCUT2D eigenvalue weighted by molar-refractivity contribution is 0.0800. The molecule has 0 amide bonds. The molecule has 1 aliphatic heterocycles. The van der Waals surface area contributed by atoms with E-state index in [4.69, 9.17) is 4.74 Å². The molecule has 24 heavy (non-hydrogen) atoms. The van der Waals surface area contributed by atoms with Crippen LogP contribution in [0.25, 0.3) is 10.9 Å². The number of aliphatic hydroxyl groups excluding tert-OH is 1. The standard InChI is InChI=1S/C19H26N2O3/c1-13-19(16-11-15(24-2)6-7-17(16)20-13)18(23)12-21-9-4-3-5-14(21)8-10-22/h6-7,11,14,20,22H,3-5,8-10,12H2,1-2H3/t14-/m0/s1. The fraction of sp³-hybridized carbons (Fsp3) is 0.526. The van der Waals surface area contributed by atoms with Gasteiger partial charge < -0.3 is 14.8 Å². The second-order valence-corrected chi connectivity index (χ2v) is 6.59. The number of carbonyl (C=O) groups excluding carboxylic acids is 1. The van der Waals surface area contributed by atoms with E-state index >= 15 is 0 Å². The first-order chi connectivity index (χ1) is 11.6. The number of hydrogen-bond donors (Lipinski definition) is 2. The molecule has 0 unspecified atom stereocenters. The summed E-state index contributed by atoms with van der Waals surface area (Å²) in [7, 11) is 1.63. The average molecular weight is 330 g/mol. The number of hydrogen-bond acceptors (Lipinski definition) is 4. The minimum atomic E-state index is 0.136. The van der Waals surface area contributed by atoms with Gasteiger partial charge in [-0.1, -0.05) is 6.42 Å². The monoisotopic (exact) mass is 330 g/mol. The number of aliphatic hydroxyl groups is 1. The minimum absolute atomic E-state index is 0.136. The molecule has 1 fully saturated rings. The van der Waals surface area contributed by atoms with Crippen LogP contribution < -0.4 is 4.74 Å². The molecule has 1 atom stereocenters. The van der Waals surface area contributed by atoms with Crippen molar-refractivity contribution in [1.82, 2.24) is 9.88 Å². The molecular weight excluding hydrogens is 304 g/mol. The van der Waals surface area contributed by atoms with Crippen molar-refractivity contribution in [1.29, 1.82) is 0 Å². The normalized spacial score (nSPS) is 18.9. The zero-order chi connectivity index (χ0) is 17.1. The smallest absolute Gasteiger partial charge is 0.179 e. The van der Waals surface area contributed by atoms with Gasteiger partial charge in [0.25, 0.3) is 0 Å². The Labute approximate surface area is 142 Å². The molecule has 3 rings (SSSR count). The van der Waals surface area contributed by atoms with Gasteiger partial charge in [0.15, 0.2) is 5.78 Å². The van der Waals surface area contributed by atoms with Crippen LogP contribution in [0.4, 0.5) is 0 Å². The van der Waals surface area contributed by atoms with Gasteiger partial charge in [0.1, 0.15) is 5.75 Å². The first-order valence-electron chi connectivity index (χ1n) is 8.68. The van der Waals surface area contributed by atoms with Gasteiger partial charge in [0.05, 0.1) is 13.7 Å². The lowest BCUT2D eigenvalue weighted by Crippen LogP contribution is -2.43. The number of H-pyrrole nitrogens is 1. The summed E-state index contributed by atoms with van der Waals surface area (Å²) in [5.74, 6) is 0.892. The topological polar surface area (TPSA) is 65.6 Å². The summed E-state index contributed by atoms with van der Waals surface area (Å²) < 4.78 is 5.30. The number of carbonyl (C=O) groups is 1. The molecule has 1 aliphatic rings. The number of fused-ring (bicyclic) bond motifs is 1. The van der Waals surface area contributed by atoms with Crippen molar-refractivity contribution in [3.05, 3.63) is 29.5 Å². The highest BCUT2D eigenvalue weighted by atomic mass is 16.5. The lowest BCUT2D eigenvalue weighted by atomic mass is 9.98. The van der Waals surface area contributed by atoms with Crippen molar-refractivity contribution in [3.8, 4) is 5.75 Å². The highest BCUT2D eigenvalue weighted by Gasteiger charge is 2.26. The third kappa shape index (κ3) is 3.32. The van der Waals surface area contributed by atoms with Crippen molar-refractivity contribution < 1.29 is 14.6 Å². The molecule has 130 valence electrons. The molecular formula is C19H26N2O3. The van der Waals surface area contributed by atoms with Gasteiger partial charge in [0, 0.05) is 34.8 Å². The maximum absolute atomic E-state index is 13.0. The molecule has 2 aromatic rings. The van der Waals surface area contributed by atoms with Crippen LogP contribution in [0.2, 0.25) is 0 Å². The number of nitrogens with one attached hydrogen (secondary N) is 1. The van der Waals surface area contributed by atoms with Gasteiger partial charge in [-0.3, -0.25) is 9.69 Å². The van der Waals surface area contributed by atoms with Crippen LogP contribution in [-0.2, 0) is 0 Å². The molecule has 0 saturated carbocycles. The third-order valence-corrected chi connectivity index (χ3v) is 5.03. The summed E-state index contributed by atoms with van der Waals surface area (Å²) >= 11 is 0. The summed E-state index contributed by atoms with van der Waals surface area (Å²) in [6.45, 7) is 3.47. The fourth-order valence-corrected chi connectivity index (χ4v) is 3.80. The molecule has 2 N–H and O–H groups in total. The Balaban J connectivity index is 1.86. The van der Waals surface area contributed by atoms with Crippen molar-refractivity contribution >= 4 is 16.7 Å². The molecule has 5 nitrogen and oxygen atoms in total. The number of aromatic amines is 1. The number of ether oxygens (including phenoxy) is 1. The van der Waals surface area contributed by atoms with E-state index in [1.54, 1.807) is 7.11 Å². The van der Waals surface area contributed by atoms with E-state index in [1.165, 1.54) is 6.42 Å². The van der Waals surface area contributed by atoms with Gasteiger partial charge in [-0.15, -0.1) is 0 Å². The number of benzene rings is 1. The SMILES string of the molecule is COc1ccc2[nH]c(C)c(C(=O)CN3CCCC[C@H]3CCO)c2c1. The summed E-state index contributed by atoms with van der Waals surface area (Å²) in [5.41, 5.74) is 2.62. The van der Waals surface area contributed by atoms with Gasteiger partial charge in [-0.2, -0.15) is 0 Å². The van der Waals surface area contributed by atoms with Crippen LogP contribution in [0, 0.1) is 6.92 Å². The number of rotatable bonds is 6. The number of Topliss-reactive ketones (excluding diaryl/α,β-unsaturated/α-hetero) is 1. The highest BCUT2D eigenvalue weighted by Crippen LogP contribution is 2.28. The summed E-state index contributed by atoms with van der Waals surface area (Å²) in [5, 5.41) is 10.2. The average Bonchev–Trinajstić information content (AvgIpc) is 2.91. The molecule has 0 spiro atoms. The fourth-order valence-electron chi connectivity index (χ4n) is 3.80. The van der Waals surface area contributed by atoms with Crippen LogP contribution in [0.15, 0.2) is 18.2 Å². The lowest BCUT2D eigenvalue weighted by Gasteiger charge is -2.34. The Morgan fingerprint density at radius 2 is 2.25 bits per heavy atom. The highest BCUT2D eigenvalue weighted by molar-refractivity contribution is 6.10. The number of piperidine rings is 1. The van der Waals surface area contributed by atoms with Crippen molar-refractivity contribution in [2.45, 2.75) is 38.6 Å². The predicted octanol–water partition coefficient (Wildman–Crippen LogP) is 2.90. The van der Waals surface area contributed by atoms with Crippen molar-refractivity contribution in [2.75, 3.05) is 26.8 Å². The van der Waals surface area contributed by atoms with Crippen LogP contribution in [-0.4, -0.2) is 53.6 Å². The van der Waals surface area contributed by atoms with Crippen LogP contribution in [0.1, 0.15) is 41.7 Å². The van der Waals surface area contributed by atoms with E-state index in [9.17, 15) is 9.90 Å². The van der Waals surface area contributed by atoms with Gasteiger partial charge in [0.2, 0.25) is 0 Å². The predicted molar refractivity (Wildman–Crippen MR) is 94.8 cm³/mol. The number of nitrogens with zero attached hydrogens (tertiary/aromatic N) is 1. The zero-order valence-corrected chi connectivity index (χ0v) is 14.5. The molecule has 1 aromatic carbocycles. The number of ketones is 1. The Morgan fingerprint density at radius 3 is 3.00 bits per heavy atom. The molecule has 1 aromatic heterocycles. The van der Waals surface area contributed by atoms with E-state index in [0.717, 1.165) is 53.7 Å². The molecule has 0 aliphatic carbocycles. The zero-order valence-electron chi connectivity index (χ0n) is 14.5. The summed E-state index contributed by atoms with van der Waals surface area (Å²) in [4.78, 5) is 18.5. The molecule has 1 saturated heterocycles. The molecule has 0 bridgehead atoms. The number of aromatic nitrogens is 1. The number of aryl methyl sites for hydroxylation is 1. The minimum Gasteiger partial charge on any atom is -0.497 e. The summed E-state index contributed by atoms with van der Waals surface area (Å²) in [6, 6.07) is 6.09. The Morgan fingerprint density at radius 1 is 1.42 bits per heavy atom. The van der Waals surface area contributed by atoms with E-state index in [0.29, 0.717) is 12.6 Å². The first-order valence-corrected chi connectivity index (χ1v) is 8.68. The summed E-state index contributed by atoms with van der Waals surface area (Å²) in [6.07, 6.45) is 4.11. The molecule has 5 heteroatoms.